The monoisotopic (exact) mass is 465 g/mol. The summed E-state index contributed by atoms with van der Waals surface area (Å²) in [7, 11) is -3.28. The van der Waals surface area contributed by atoms with Gasteiger partial charge >= 0.3 is 0 Å². The second kappa shape index (κ2) is 9.16. The van der Waals surface area contributed by atoms with Crippen molar-refractivity contribution < 1.29 is 17.6 Å². The fourth-order valence-corrected chi connectivity index (χ4v) is 4.50. The summed E-state index contributed by atoms with van der Waals surface area (Å²) in [5.74, 6) is -0.652. The first-order chi connectivity index (χ1) is 14.2. The molecule has 0 saturated heterocycles. The van der Waals surface area contributed by atoms with Crippen LogP contribution < -0.4 is 5.32 Å². The van der Waals surface area contributed by atoms with E-state index in [1.54, 1.807) is 43.3 Å². The van der Waals surface area contributed by atoms with Crippen molar-refractivity contribution in [2.45, 2.75) is 18.2 Å². The second-order valence-corrected chi connectivity index (χ2v) is 9.69. The Morgan fingerprint density at radius 3 is 2.07 bits per heavy atom. The van der Waals surface area contributed by atoms with E-state index >= 15 is 0 Å². The number of nitrogens with one attached hydrogen (secondary N) is 1. The third-order valence-corrected chi connectivity index (χ3v) is 6.83. The molecule has 0 aliphatic rings. The van der Waals surface area contributed by atoms with Gasteiger partial charge in [0.15, 0.2) is 9.84 Å². The van der Waals surface area contributed by atoms with Gasteiger partial charge in [0.1, 0.15) is 5.82 Å². The number of amides is 1. The number of benzene rings is 3. The minimum absolute atomic E-state index is 0.0161. The van der Waals surface area contributed by atoms with E-state index in [0.717, 1.165) is 0 Å². The summed E-state index contributed by atoms with van der Waals surface area (Å²) in [6.45, 7) is 1.58. The molecule has 0 atom stereocenters. The molecule has 0 spiro atoms. The van der Waals surface area contributed by atoms with Gasteiger partial charge in [0.25, 0.3) is 0 Å². The molecule has 8 heteroatoms. The Kier molecular flexibility index (Phi) is 6.81. The number of halogens is 3. The summed E-state index contributed by atoms with van der Waals surface area (Å²) in [5.41, 5.74) is 2.30. The maximum Gasteiger partial charge on any atom is 0.228 e. The van der Waals surface area contributed by atoms with E-state index in [-0.39, 0.29) is 28.8 Å². The van der Waals surface area contributed by atoms with Crippen LogP contribution in [0.5, 0.6) is 0 Å². The molecule has 0 heterocycles. The molecule has 1 amide bonds. The number of carbonyl (C=O) groups excluding carboxylic acids is 1. The number of anilines is 1. The Labute approximate surface area is 184 Å². The number of carbonyl (C=O) groups is 1. The van der Waals surface area contributed by atoms with Crippen LogP contribution in [0.15, 0.2) is 65.6 Å². The fraction of sp³-hybridized carbons (Fsp3) is 0.136. The van der Waals surface area contributed by atoms with Crippen molar-refractivity contribution >= 4 is 44.6 Å². The average molecular weight is 466 g/mol. The normalized spacial score (nSPS) is 11.3. The Bertz CT molecular complexity index is 1160. The molecular formula is C22H18Cl2FNO3S. The highest BCUT2D eigenvalue weighted by Gasteiger charge is 2.14. The van der Waals surface area contributed by atoms with Crippen LogP contribution in [0.25, 0.3) is 11.1 Å². The molecule has 30 heavy (non-hydrogen) atoms. The van der Waals surface area contributed by atoms with Crippen molar-refractivity contribution in [1.82, 2.24) is 0 Å². The Morgan fingerprint density at radius 2 is 1.53 bits per heavy atom. The van der Waals surface area contributed by atoms with E-state index in [9.17, 15) is 17.6 Å². The highest BCUT2D eigenvalue weighted by molar-refractivity contribution is 7.91. The standard InChI is InChI=1S/C22H18Cl2FNO3S/c1-2-30(28,29)18-9-3-14(4-10-18)11-21(27)26-17-12-19(23)22(20(24)13-17)15-5-7-16(25)8-6-15/h3-10,12-13H,2,11H2,1H3,(H,26,27). The van der Waals surface area contributed by atoms with Crippen LogP contribution >= 0.6 is 23.2 Å². The minimum Gasteiger partial charge on any atom is -0.326 e. The summed E-state index contributed by atoms with van der Waals surface area (Å²) >= 11 is 12.7. The van der Waals surface area contributed by atoms with Crippen molar-refractivity contribution in [2.75, 3.05) is 11.1 Å². The number of sulfone groups is 1. The number of hydrogen-bond acceptors (Lipinski definition) is 3. The first kappa shape index (κ1) is 22.3. The molecule has 0 aliphatic heterocycles. The van der Waals surface area contributed by atoms with Crippen molar-refractivity contribution in [3.8, 4) is 11.1 Å². The zero-order valence-corrected chi connectivity index (χ0v) is 18.3. The third-order valence-electron chi connectivity index (χ3n) is 4.49. The molecule has 4 nitrogen and oxygen atoms in total. The van der Waals surface area contributed by atoms with Crippen molar-refractivity contribution in [3.05, 3.63) is 82.1 Å². The quantitative estimate of drug-likeness (QED) is 0.502. The van der Waals surface area contributed by atoms with Crippen molar-refractivity contribution in [2.24, 2.45) is 0 Å². The van der Waals surface area contributed by atoms with Crippen LogP contribution in [0.3, 0.4) is 0 Å². The van der Waals surface area contributed by atoms with Gasteiger partial charge in [0, 0.05) is 11.3 Å². The van der Waals surface area contributed by atoms with Crippen LogP contribution in [-0.4, -0.2) is 20.1 Å². The van der Waals surface area contributed by atoms with Crippen molar-refractivity contribution in [3.63, 3.8) is 0 Å². The molecule has 156 valence electrons. The zero-order valence-electron chi connectivity index (χ0n) is 16.0. The van der Waals surface area contributed by atoms with E-state index in [1.807, 2.05) is 0 Å². The van der Waals surface area contributed by atoms with Crippen LogP contribution in [0.1, 0.15) is 12.5 Å². The van der Waals surface area contributed by atoms with Gasteiger partial charge in [-0.05, 0) is 47.5 Å². The highest BCUT2D eigenvalue weighted by Crippen LogP contribution is 2.37. The van der Waals surface area contributed by atoms with E-state index < -0.39 is 9.84 Å². The molecule has 0 bridgehead atoms. The largest absolute Gasteiger partial charge is 0.326 e. The second-order valence-electron chi connectivity index (χ2n) is 6.59. The van der Waals surface area contributed by atoms with Gasteiger partial charge in [-0.2, -0.15) is 0 Å². The zero-order chi connectivity index (χ0) is 21.9. The third kappa shape index (κ3) is 5.19. The predicted octanol–water partition coefficient (Wildman–Crippen LogP) is 5.77. The lowest BCUT2D eigenvalue weighted by Crippen LogP contribution is -2.14. The maximum atomic E-state index is 13.1. The summed E-state index contributed by atoms with van der Waals surface area (Å²) in [4.78, 5) is 12.6. The molecule has 0 aliphatic carbocycles. The van der Waals surface area contributed by atoms with Gasteiger partial charge in [0.2, 0.25) is 5.91 Å². The van der Waals surface area contributed by atoms with Gasteiger partial charge in [0.05, 0.1) is 27.1 Å². The first-order valence-corrected chi connectivity index (χ1v) is 11.5. The molecule has 0 fully saturated rings. The summed E-state index contributed by atoms with van der Waals surface area (Å²) in [6.07, 6.45) is 0.0569. The maximum absolute atomic E-state index is 13.1. The summed E-state index contributed by atoms with van der Waals surface area (Å²) in [6, 6.07) is 15.1. The average Bonchev–Trinajstić information content (AvgIpc) is 2.69. The van der Waals surface area contributed by atoms with Gasteiger partial charge in [-0.15, -0.1) is 0 Å². The minimum atomic E-state index is -3.28. The topological polar surface area (TPSA) is 63.2 Å². The highest BCUT2D eigenvalue weighted by atomic mass is 35.5. The molecule has 0 radical (unpaired) electrons. The molecule has 0 saturated carbocycles. The SMILES string of the molecule is CCS(=O)(=O)c1ccc(CC(=O)Nc2cc(Cl)c(-c3ccc(F)cc3)c(Cl)c2)cc1. The predicted molar refractivity (Wildman–Crippen MR) is 118 cm³/mol. The van der Waals surface area contributed by atoms with E-state index in [1.165, 1.54) is 24.3 Å². The smallest absolute Gasteiger partial charge is 0.228 e. The van der Waals surface area contributed by atoms with Crippen LogP contribution in [-0.2, 0) is 21.1 Å². The van der Waals surface area contributed by atoms with E-state index in [0.29, 0.717) is 32.4 Å². The summed E-state index contributed by atoms with van der Waals surface area (Å²) < 4.78 is 36.9. The van der Waals surface area contributed by atoms with Gasteiger partial charge in [-0.25, -0.2) is 12.8 Å². The van der Waals surface area contributed by atoms with E-state index in [2.05, 4.69) is 5.32 Å². The molecule has 0 aromatic heterocycles. The van der Waals surface area contributed by atoms with Gasteiger partial charge in [-0.3, -0.25) is 4.79 Å². The molecule has 3 aromatic rings. The fourth-order valence-electron chi connectivity index (χ4n) is 2.91. The van der Waals surface area contributed by atoms with Crippen LogP contribution in [0.4, 0.5) is 10.1 Å². The Balaban J connectivity index is 1.73. The lowest BCUT2D eigenvalue weighted by molar-refractivity contribution is -0.115. The number of rotatable bonds is 6. The van der Waals surface area contributed by atoms with Crippen LogP contribution in [0.2, 0.25) is 10.0 Å². The van der Waals surface area contributed by atoms with E-state index in [4.69, 9.17) is 23.2 Å². The van der Waals surface area contributed by atoms with Crippen molar-refractivity contribution in [1.29, 1.82) is 0 Å². The van der Waals surface area contributed by atoms with Crippen LogP contribution in [0, 0.1) is 5.82 Å². The lowest BCUT2D eigenvalue weighted by atomic mass is 10.0. The Morgan fingerprint density at radius 1 is 0.967 bits per heavy atom. The van der Waals surface area contributed by atoms with Gasteiger partial charge < -0.3 is 5.32 Å². The Hall–Kier alpha value is -2.41. The molecular weight excluding hydrogens is 448 g/mol. The molecule has 3 rings (SSSR count). The number of hydrogen-bond donors (Lipinski definition) is 1. The van der Waals surface area contributed by atoms with Gasteiger partial charge in [-0.1, -0.05) is 54.4 Å². The lowest BCUT2D eigenvalue weighted by Gasteiger charge is -2.12. The molecule has 3 aromatic carbocycles. The summed E-state index contributed by atoms with van der Waals surface area (Å²) in [5, 5.41) is 3.37. The first-order valence-electron chi connectivity index (χ1n) is 9.06. The molecule has 1 N–H and O–H groups in total. The molecule has 0 unspecified atom stereocenters.